The van der Waals surface area contributed by atoms with E-state index in [2.05, 4.69) is 26.6 Å². The molecule has 0 unspecified atom stereocenters. The summed E-state index contributed by atoms with van der Waals surface area (Å²) in [5, 5.41) is 11.8. The maximum atomic E-state index is 11.4. The van der Waals surface area contributed by atoms with E-state index in [1.54, 1.807) is 7.05 Å². The average molecular weight is 355 g/mol. The fourth-order valence-corrected chi connectivity index (χ4v) is 1.17. The van der Waals surface area contributed by atoms with Crippen molar-refractivity contribution in [2.45, 2.75) is 20.8 Å². The maximum absolute atomic E-state index is 11.4. The number of likely N-dealkylation sites (N-methyl/N-ethyl adjacent to an activating group) is 1. The predicted molar refractivity (Wildman–Crippen MR) is 98.6 cm³/mol. The van der Waals surface area contributed by atoms with Crippen LogP contribution in [0.4, 0.5) is 0 Å². The van der Waals surface area contributed by atoms with Crippen molar-refractivity contribution in [1.82, 2.24) is 26.6 Å². The van der Waals surface area contributed by atoms with Crippen molar-refractivity contribution in [2.24, 2.45) is 0 Å². The van der Waals surface area contributed by atoms with Gasteiger partial charge in [0, 0.05) is 7.13 Å². The minimum absolute atomic E-state index is 0. The van der Waals surface area contributed by atoms with Gasteiger partial charge in [-0.3, -0.25) is 24.0 Å². The highest BCUT2D eigenvalue weighted by atomic mass is 16.2. The first-order valence-corrected chi connectivity index (χ1v) is 7.56. The number of amides is 4. The van der Waals surface area contributed by atoms with Crippen LogP contribution in [-0.4, -0.2) is 69.2 Å². The summed E-state index contributed by atoms with van der Waals surface area (Å²) in [6, 6.07) is 0. The smallest absolute Gasteiger partial charge is 0.239 e. The highest BCUT2D eigenvalue weighted by Gasteiger charge is 2.08. The molecule has 0 bridgehead atoms. The predicted octanol–water partition coefficient (Wildman–Crippen LogP) is -1.48. The summed E-state index contributed by atoms with van der Waals surface area (Å²) in [6.45, 7) is 4.46. The second kappa shape index (κ2) is 15.4. The van der Waals surface area contributed by atoms with Crippen LogP contribution in [0.5, 0.6) is 0 Å². The molecule has 10 heteroatoms. The van der Waals surface area contributed by atoms with E-state index in [9.17, 15) is 24.0 Å². The molecule has 0 radical (unpaired) electrons. The highest BCUT2D eigenvalue weighted by molar-refractivity contribution is 5.91. The van der Waals surface area contributed by atoms with Gasteiger partial charge in [0.25, 0.3) is 0 Å². The molecule has 0 aromatic carbocycles. The van der Waals surface area contributed by atoms with Crippen LogP contribution < -0.4 is 26.6 Å². The second-order valence-electron chi connectivity index (χ2n) is 4.34. The molecule has 0 rings (SSSR count). The Bertz CT molecular complexity index is 459. The van der Waals surface area contributed by atoms with Crippen molar-refractivity contribution in [1.29, 1.82) is 0 Å². The summed E-state index contributed by atoms with van der Waals surface area (Å²) >= 11 is 0. The molecule has 0 aliphatic rings. The van der Waals surface area contributed by atoms with E-state index in [1.165, 1.54) is 6.92 Å². The van der Waals surface area contributed by atoms with E-state index >= 15 is 0 Å². The van der Waals surface area contributed by atoms with Gasteiger partial charge in [-0.05, 0) is 14.0 Å². The quantitative estimate of drug-likeness (QED) is 0.323. The third-order valence-electron chi connectivity index (χ3n) is 2.21. The van der Waals surface area contributed by atoms with Crippen molar-refractivity contribution >= 4 is 29.4 Å². The Morgan fingerprint density at radius 2 is 0.917 bits per heavy atom. The van der Waals surface area contributed by atoms with Gasteiger partial charge in [0.2, 0.25) is 23.6 Å². The van der Waals surface area contributed by atoms with E-state index in [4.69, 9.17) is 0 Å². The van der Waals surface area contributed by atoms with E-state index < -0.39 is 17.7 Å². The molecule has 4 amide bonds. The van der Waals surface area contributed by atoms with E-state index in [0.717, 1.165) is 0 Å². The SMILES string of the molecule is CC.CNCC(=O)NCC(=O)NCC(=O)NCC(=O)NCC(C)=O.[HH].[HH].[HH].[HH].[HH]. The summed E-state index contributed by atoms with van der Waals surface area (Å²) < 4.78 is 0. The molecule has 5 N–H and O–H groups in total. The lowest BCUT2D eigenvalue weighted by Gasteiger charge is -2.08. The van der Waals surface area contributed by atoms with Gasteiger partial charge in [-0.25, -0.2) is 0 Å². The lowest BCUT2D eigenvalue weighted by molar-refractivity contribution is -0.128. The van der Waals surface area contributed by atoms with Crippen molar-refractivity contribution < 1.29 is 31.1 Å². The van der Waals surface area contributed by atoms with Crippen molar-refractivity contribution in [3.8, 4) is 0 Å². The Labute approximate surface area is 148 Å². The largest absolute Gasteiger partial charge is 0.348 e. The molecule has 0 aliphatic carbocycles. The zero-order valence-corrected chi connectivity index (χ0v) is 14.6. The standard InChI is InChI=1S/C12H21N5O5.C2H6.5H2/c1-8(18)3-14-10(20)5-16-12(22)7-17-11(21)6-15-9(19)4-13-2;1-2;;;;;/h13H,3-7H2,1-2H3,(H,14,20)(H,15,19)(H,16,22)(H,17,21);1-2H3;5*1H. The fraction of sp³-hybridized carbons (Fsp3) is 0.643. The van der Waals surface area contributed by atoms with Gasteiger partial charge in [-0.1, -0.05) is 13.8 Å². The molecule has 0 aliphatic heterocycles. The summed E-state index contributed by atoms with van der Waals surface area (Å²) in [7, 11) is 1.59. The Balaban J connectivity index is -0.000000134. The third kappa shape index (κ3) is 15.9. The van der Waals surface area contributed by atoms with Gasteiger partial charge >= 0.3 is 0 Å². The molecule has 148 valence electrons. The summed E-state index contributed by atoms with van der Waals surface area (Å²) in [4.78, 5) is 55.6. The number of hydrogen-bond donors (Lipinski definition) is 5. The molecular formula is C14H37N5O5. The van der Waals surface area contributed by atoms with Crippen LogP contribution in [0.2, 0.25) is 0 Å². The van der Waals surface area contributed by atoms with Crippen LogP contribution in [0.15, 0.2) is 0 Å². The van der Waals surface area contributed by atoms with Crippen LogP contribution in [-0.2, 0) is 24.0 Å². The van der Waals surface area contributed by atoms with Gasteiger partial charge in [0.15, 0.2) is 0 Å². The summed E-state index contributed by atoms with van der Waals surface area (Å²) in [5.74, 6) is -2.14. The van der Waals surface area contributed by atoms with Crippen LogP contribution in [0.25, 0.3) is 0 Å². The number of ketones is 1. The highest BCUT2D eigenvalue weighted by Crippen LogP contribution is 1.71. The zero-order valence-electron chi connectivity index (χ0n) is 14.6. The number of hydrogen-bond acceptors (Lipinski definition) is 6. The molecule has 0 heterocycles. The van der Waals surface area contributed by atoms with Gasteiger partial charge in [0.05, 0.1) is 32.7 Å². The topological polar surface area (TPSA) is 146 Å². The molecular weight excluding hydrogens is 318 g/mol. The normalized spacial score (nSPS) is 9.00. The Morgan fingerprint density at radius 1 is 0.625 bits per heavy atom. The molecule has 0 saturated carbocycles. The fourth-order valence-electron chi connectivity index (χ4n) is 1.17. The monoisotopic (exact) mass is 355 g/mol. The first kappa shape index (κ1) is 23.8. The molecule has 0 fully saturated rings. The van der Waals surface area contributed by atoms with Crippen LogP contribution in [0.3, 0.4) is 0 Å². The van der Waals surface area contributed by atoms with E-state index in [-0.39, 0.29) is 51.5 Å². The molecule has 0 aromatic heterocycles. The minimum atomic E-state index is -0.562. The number of Topliss-reactive ketones (excluding diaryl/α,β-unsaturated/α-hetero) is 1. The maximum Gasteiger partial charge on any atom is 0.239 e. The first-order chi connectivity index (χ1) is 11.3. The molecule has 0 aromatic rings. The number of carbonyl (C=O) groups excluding carboxylic acids is 5. The second-order valence-corrected chi connectivity index (χ2v) is 4.34. The lowest BCUT2D eigenvalue weighted by Crippen LogP contribution is -2.45. The number of rotatable bonds is 10. The molecule has 24 heavy (non-hydrogen) atoms. The molecule has 0 spiro atoms. The van der Waals surface area contributed by atoms with Gasteiger partial charge in [-0.2, -0.15) is 0 Å². The van der Waals surface area contributed by atoms with Crippen LogP contribution in [0, 0.1) is 0 Å². The van der Waals surface area contributed by atoms with Gasteiger partial charge < -0.3 is 26.6 Å². The Hall–Kier alpha value is -2.49. The number of nitrogens with one attached hydrogen (secondary N) is 5. The minimum Gasteiger partial charge on any atom is -0.348 e. The van der Waals surface area contributed by atoms with Crippen LogP contribution >= 0.6 is 0 Å². The van der Waals surface area contributed by atoms with E-state index in [1.807, 2.05) is 13.8 Å². The zero-order chi connectivity index (χ0) is 19.0. The molecule has 0 atom stereocenters. The van der Waals surface area contributed by atoms with Crippen LogP contribution in [0.1, 0.15) is 27.9 Å². The van der Waals surface area contributed by atoms with Gasteiger partial charge in [0.1, 0.15) is 5.78 Å². The molecule has 10 nitrogen and oxygen atoms in total. The number of carbonyl (C=O) groups is 5. The van der Waals surface area contributed by atoms with Gasteiger partial charge in [-0.15, -0.1) is 0 Å². The first-order valence-electron chi connectivity index (χ1n) is 7.56. The Kier molecular flexibility index (Phi) is 15.3. The third-order valence-corrected chi connectivity index (χ3v) is 2.21. The Morgan fingerprint density at radius 3 is 1.21 bits per heavy atom. The van der Waals surface area contributed by atoms with Crippen molar-refractivity contribution in [2.75, 3.05) is 39.8 Å². The molecule has 0 saturated heterocycles. The van der Waals surface area contributed by atoms with Crippen molar-refractivity contribution in [3.63, 3.8) is 0 Å². The summed E-state index contributed by atoms with van der Waals surface area (Å²) in [5.41, 5.74) is 0. The van der Waals surface area contributed by atoms with E-state index in [0.29, 0.717) is 0 Å². The summed E-state index contributed by atoms with van der Waals surface area (Å²) in [6.07, 6.45) is 0. The van der Waals surface area contributed by atoms with Crippen molar-refractivity contribution in [3.05, 3.63) is 0 Å². The lowest BCUT2D eigenvalue weighted by atomic mass is 10.4. The average Bonchev–Trinajstić information content (AvgIpc) is 2.56.